The molecule has 6 heteroatoms. The van der Waals surface area contributed by atoms with Crippen LogP contribution in [-0.2, 0) is 0 Å². The predicted octanol–water partition coefficient (Wildman–Crippen LogP) is 1.36. The van der Waals surface area contributed by atoms with Gasteiger partial charge in [0.2, 0.25) is 5.13 Å². The lowest BCUT2D eigenvalue weighted by atomic mass is 9.97. The molecule has 3 heterocycles. The Morgan fingerprint density at radius 3 is 2.80 bits per heavy atom. The number of hydrogen-bond acceptors (Lipinski definition) is 6. The second kappa shape index (κ2) is 6.83. The van der Waals surface area contributed by atoms with Crippen LogP contribution in [-0.4, -0.2) is 60.1 Å². The number of aromatic nitrogens is 2. The summed E-state index contributed by atoms with van der Waals surface area (Å²) in [6, 6.07) is 0. The maximum atomic E-state index is 4.52. The molecule has 2 saturated heterocycles. The SMILES string of the molecule is Cc1nsc(N2CCCN(CC3CCNCC3)CC2)n1. The molecule has 0 bridgehead atoms. The summed E-state index contributed by atoms with van der Waals surface area (Å²) in [5.74, 6) is 1.80. The second-order valence-electron chi connectivity index (χ2n) is 5.96. The van der Waals surface area contributed by atoms with Gasteiger partial charge in [-0.05, 0) is 51.7 Å². The third kappa shape index (κ3) is 3.68. The molecular weight excluding hydrogens is 270 g/mol. The Bertz CT molecular complexity index is 415. The molecule has 0 spiro atoms. The Balaban J connectivity index is 1.51. The molecule has 0 saturated carbocycles. The fraction of sp³-hybridized carbons (Fsp3) is 0.857. The minimum atomic E-state index is 0.895. The van der Waals surface area contributed by atoms with Crippen LogP contribution in [0.15, 0.2) is 0 Å². The van der Waals surface area contributed by atoms with Crippen LogP contribution in [0.2, 0.25) is 0 Å². The Labute approximate surface area is 125 Å². The summed E-state index contributed by atoms with van der Waals surface area (Å²) in [5, 5.41) is 4.56. The Kier molecular flexibility index (Phi) is 4.86. The van der Waals surface area contributed by atoms with Crippen LogP contribution in [0.3, 0.4) is 0 Å². The van der Waals surface area contributed by atoms with E-state index in [1.54, 1.807) is 11.5 Å². The lowest BCUT2D eigenvalue weighted by Crippen LogP contribution is -2.38. The molecule has 1 aromatic rings. The van der Waals surface area contributed by atoms with Crippen LogP contribution in [0.4, 0.5) is 5.13 Å². The van der Waals surface area contributed by atoms with Gasteiger partial charge in [-0.25, -0.2) is 4.98 Å². The molecule has 0 atom stereocenters. The number of nitrogens with one attached hydrogen (secondary N) is 1. The van der Waals surface area contributed by atoms with Crippen LogP contribution < -0.4 is 10.2 Å². The van der Waals surface area contributed by atoms with Crippen LogP contribution in [0.1, 0.15) is 25.1 Å². The lowest BCUT2D eigenvalue weighted by molar-refractivity contribution is 0.216. The van der Waals surface area contributed by atoms with Gasteiger partial charge in [0.15, 0.2) is 0 Å². The fourth-order valence-electron chi connectivity index (χ4n) is 3.19. The molecule has 2 aliphatic heterocycles. The first-order valence-corrected chi connectivity index (χ1v) is 8.57. The zero-order valence-corrected chi connectivity index (χ0v) is 13.2. The van der Waals surface area contributed by atoms with Gasteiger partial charge < -0.3 is 15.1 Å². The Morgan fingerprint density at radius 1 is 1.20 bits per heavy atom. The highest BCUT2D eigenvalue weighted by Gasteiger charge is 2.21. The minimum Gasteiger partial charge on any atom is -0.346 e. The molecule has 1 aromatic heterocycles. The summed E-state index contributed by atoms with van der Waals surface area (Å²) in [7, 11) is 0. The molecule has 1 N–H and O–H groups in total. The highest BCUT2D eigenvalue weighted by molar-refractivity contribution is 7.09. The van der Waals surface area contributed by atoms with Crippen molar-refractivity contribution in [2.75, 3.05) is 50.7 Å². The average Bonchev–Trinajstić information content (AvgIpc) is 2.76. The highest BCUT2D eigenvalue weighted by Crippen LogP contribution is 2.20. The first kappa shape index (κ1) is 14.2. The monoisotopic (exact) mass is 295 g/mol. The van der Waals surface area contributed by atoms with Crippen molar-refractivity contribution in [1.29, 1.82) is 0 Å². The summed E-state index contributed by atoms with van der Waals surface area (Å²) >= 11 is 1.54. The van der Waals surface area contributed by atoms with E-state index < -0.39 is 0 Å². The average molecular weight is 295 g/mol. The number of aryl methyl sites for hydroxylation is 1. The second-order valence-corrected chi connectivity index (χ2v) is 6.69. The van der Waals surface area contributed by atoms with Crippen LogP contribution >= 0.6 is 11.5 Å². The van der Waals surface area contributed by atoms with E-state index in [1.807, 2.05) is 6.92 Å². The molecule has 0 amide bonds. The summed E-state index contributed by atoms with van der Waals surface area (Å²) < 4.78 is 4.30. The van der Waals surface area contributed by atoms with E-state index in [0.717, 1.165) is 30.0 Å². The van der Waals surface area contributed by atoms with Crippen molar-refractivity contribution in [3.63, 3.8) is 0 Å². The molecular formula is C14H25N5S. The van der Waals surface area contributed by atoms with Gasteiger partial charge in [-0.3, -0.25) is 0 Å². The van der Waals surface area contributed by atoms with E-state index in [0.29, 0.717) is 0 Å². The number of anilines is 1. The summed E-state index contributed by atoms with van der Waals surface area (Å²) in [6.45, 7) is 10.3. The van der Waals surface area contributed by atoms with Gasteiger partial charge in [-0.15, -0.1) is 0 Å². The minimum absolute atomic E-state index is 0.895. The van der Waals surface area contributed by atoms with E-state index in [2.05, 4.69) is 24.5 Å². The zero-order chi connectivity index (χ0) is 13.8. The van der Waals surface area contributed by atoms with E-state index in [-0.39, 0.29) is 0 Å². The van der Waals surface area contributed by atoms with Gasteiger partial charge in [0.25, 0.3) is 0 Å². The zero-order valence-electron chi connectivity index (χ0n) is 12.3. The molecule has 2 fully saturated rings. The van der Waals surface area contributed by atoms with Crippen molar-refractivity contribution in [3.05, 3.63) is 5.82 Å². The van der Waals surface area contributed by atoms with E-state index in [4.69, 9.17) is 0 Å². The van der Waals surface area contributed by atoms with Crippen molar-refractivity contribution >= 4 is 16.7 Å². The standard InChI is InChI=1S/C14H25N5S/c1-12-16-14(20-17-12)19-8-2-7-18(9-10-19)11-13-3-5-15-6-4-13/h13,15H,2-11H2,1H3. The van der Waals surface area contributed by atoms with Crippen molar-refractivity contribution in [2.45, 2.75) is 26.2 Å². The van der Waals surface area contributed by atoms with Gasteiger partial charge >= 0.3 is 0 Å². The summed E-state index contributed by atoms with van der Waals surface area (Å²) in [4.78, 5) is 9.59. The van der Waals surface area contributed by atoms with Gasteiger partial charge in [0, 0.05) is 37.7 Å². The molecule has 20 heavy (non-hydrogen) atoms. The molecule has 0 aliphatic carbocycles. The normalized spacial score (nSPS) is 22.9. The number of piperidine rings is 1. The molecule has 3 rings (SSSR count). The van der Waals surface area contributed by atoms with Crippen molar-refractivity contribution in [1.82, 2.24) is 19.6 Å². The largest absolute Gasteiger partial charge is 0.346 e. The van der Waals surface area contributed by atoms with Crippen molar-refractivity contribution < 1.29 is 0 Å². The van der Waals surface area contributed by atoms with Crippen LogP contribution in [0, 0.1) is 12.8 Å². The van der Waals surface area contributed by atoms with E-state index in [1.165, 1.54) is 52.0 Å². The number of hydrogen-bond donors (Lipinski definition) is 1. The third-order valence-corrected chi connectivity index (χ3v) is 5.22. The highest BCUT2D eigenvalue weighted by atomic mass is 32.1. The van der Waals surface area contributed by atoms with Crippen LogP contribution in [0.5, 0.6) is 0 Å². The number of nitrogens with zero attached hydrogens (tertiary/aromatic N) is 4. The first-order valence-electron chi connectivity index (χ1n) is 7.79. The van der Waals surface area contributed by atoms with Crippen molar-refractivity contribution in [2.24, 2.45) is 5.92 Å². The first-order chi connectivity index (χ1) is 9.81. The summed E-state index contributed by atoms with van der Waals surface area (Å²) in [5.41, 5.74) is 0. The smallest absolute Gasteiger partial charge is 0.205 e. The third-order valence-electron chi connectivity index (χ3n) is 4.35. The lowest BCUT2D eigenvalue weighted by Gasteiger charge is -2.29. The molecule has 112 valence electrons. The predicted molar refractivity (Wildman–Crippen MR) is 83.5 cm³/mol. The quantitative estimate of drug-likeness (QED) is 0.912. The maximum absolute atomic E-state index is 4.52. The topological polar surface area (TPSA) is 44.3 Å². The fourth-order valence-corrected chi connectivity index (χ4v) is 3.91. The van der Waals surface area contributed by atoms with Gasteiger partial charge in [-0.1, -0.05) is 0 Å². The molecule has 5 nitrogen and oxygen atoms in total. The van der Waals surface area contributed by atoms with E-state index >= 15 is 0 Å². The van der Waals surface area contributed by atoms with Gasteiger partial charge in [-0.2, -0.15) is 4.37 Å². The Morgan fingerprint density at radius 2 is 2.05 bits per heavy atom. The molecule has 2 aliphatic rings. The van der Waals surface area contributed by atoms with Crippen molar-refractivity contribution in [3.8, 4) is 0 Å². The maximum Gasteiger partial charge on any atom is 0.205 e. The van der Waals surface area contributed by atoms with Crippen LogP contribution in [0.25, 0.3) is 0 Å². The number of rotatable bonds is 3. The van der Waals surface area contributed by atoms with E-state index in [9.17, 15) is 0 Å². The summed E-state index contributed by atoms with van der Waals surface area (Å²) in [6.07, 6.45) is 3.93. The molecule has 0 unspecified atom stereocenters. The molecule has 0 radical (unpaired) electrons. The molecule has 0 aromatic carbocycles. The Hall–Kier alpha value is -0.720. The van der Waals surface area contributed by atoms with Gasteiger partial charge in [0.1, 0.15) is 5.82 Å². The van der Waals surface area contributed by atoms with Gasteiger partial charge in [0.05, 0.1) is 0 Å².